The molecule has 0 bridgehead atoms. The number of methoxy groups -OCH3 is 2. The third-order valence-electron chi connectivity index (χ3n) is 3.56. The van der Waals surface area contributed by atoms with Crippen molar-refractivity contribution in [3.63, 3.8) is 0 Å². The van der Waals surface area contributed by atoms with Crippen molar-refractivity contribution in [2.45, 2.75) is 26.2 Å². The standard InChI is InChI=1S/C17H21NO3S2/c1-4-5-6-9-18-16(19)15(23-17(18)22)11-12-7-8-13(20-2)14(10-12)21-3/h7-8,10-11H,4-6,9H2,1-3H3/b15-11-. The maximum absolute atomic E-state index is 12.5. The van der Waals surface area contributed by atoms with E-state index in [0.29, 0.717) is 27.3 Å². The van der Waals surface area contributed by atoms with Gasteiger partial charge in [-0.05, 0) is 30.2 Å². The van der Waals surface area contributed by atoms with Crippen LogP contribution >= 0.6 is 24.0 Å². The van der Waals surface area contributed by atoms with Gasteiger partial charge in [0.15, 0.2) is 11.5 Å². The molecule has 0 radical (unpaired) electrons. The fourth-order valence-electron chi connectivity index (χ4n) is 2.31. The summed E-state index contributed by atoms with van der Waals surface area (Å²) < 4.78 is 11.2. The fraction of sp³-hybridized carbons (Fsp3) is 0.412. The Labute approximate surface area is 146 Å². The summed E-state index contributed by atoms with van der Waals surface area (Å²) in [7, 11) is 3.19. The first-order valence-electron chi connectivity index (χ1n) is 7.58. The third kappa shape index (κ3) is 4.26. The van der Waals surface area contributed by atoms with Crippen molar-refractivity contribution in [1.82, 2.24) is 4.90 Å². The van der Waals surface area contributed by atoms with Crippen molar-refractivity contribution in [3.05, 3.63) is 28.7 Å². The summed E-state index contributed by atoms with van der Waals surface area (Å²) in [4.78, 5) is 14.8. The molecule has 23 heavy (non-hydrogen) atoms. The van der Waals surface area contributed by atoms with E-state index >= 15 is 0 Å². The molecule has 0 N–H and O–H groups in total. The molecule has 1 aliphatic rings. The molecule has 1 aromatic carbocycles. The van der Waals surface area contributed by atoms with Crippen LogP contribution in [-0.2, 0) is 4.79 Å². The lowest BCUT2D eigenvalue weighted by atomic mass is 10.2. The smallest absolute Gasteiger partial charge is 0.266 e. The second-order valence-corrected chi connectivity index (χ2v) is 6.83. The van der Waals surface area contributed by atoms with Crippen molar-refractivity contribution in [1.29, 1.82) is 0 Å². The maximum atomic E-state index is 12.5. The number of carbonyl (C=O) groups excluding carboxylic acids is 1. The zero-order chi connectivity index (χ0) is 16.8. The van der Waals surface area contributed by atoms with E-state index in [1.165, 1.54) is 11.8 Å². The van der Waals surface area contributed by atoms with E-state index < -0.39 is 0 Å². The predicted octanol–water partition coefficient (Wildman–Crippen LogP) is 4.10. The highest BCUT2D eigenvalue weighted by molar-refractivity contribution is 8.26. The quantitative estimate of drug-likeness (QED) is 0.420. The first-order valence-corrected chi connectivity index (χ1v) is 8.80. The lowest BCUT2D eigenvalue weighted by Gasteiger charge is -2.13. The molecule has 4 nitrogen and oxygen atoms in total. The summed E-state index contributed by atoms with van der Waals surface area (Å²) in [5, 5.41) is 0. The molecule has 0 unspecified atom stereocenters. The molecule has 1 fully saturated rings. The Morgan fingerprint density at radius 1 is 1.22 bits per heavy atom. The van der Waals surface area contributed by atoms with Crippen LogP contribution in [0.15, 0.2) is 23.1 Å². The highest BCUT2D eigenvalue weighted by atomic mass is 32.2. The van der Waals surface area contributed by atoms with Crippen LogP contribution in [-0.4, -0.2) is 35.9 Å². The molecule has 1 heterocycles. The van der Waals surface area contributed by atoms with Gasteiger partial charge < -0.3 is 9.47 Å². The number of carbonyl (C=O) groups is 1. The number of thiocarbonyl (C=S) groups is 1. The molecular formula is C17H21NO3S2. The molecule has 1 aliphatic heterocycles. The number of unbranched alkanes of at least 4 members (excludes halogenated alkanes) is 2. The Morgan fingerprint density at radius 3 is 2.61 bits per heavy atom. The molecule has 124 valence electrons. The number of amides is 1. The SMILES string of the molecule is CCCCCN1C(=O)/C(=C/c2ccc(OC)c(OC)c2)SC1=S. The zero-order valence-corrected chi connectivity index (χ0v) is 15.3. The summed E-state index contributed by atoms with van der Waals surface area (Å²) in [5.41, 5.74) is 0.886. The summed E-state index contributed by atoms with van der Waals surface area (Å²) >= 11 is 6.69. The molecule has 0 saturated carbocycles. The zero-order valence-electron chi connectivity index (χ0n) is 13.6. The Hall–Kier alpha value is -1.53. The molecule has 0 aliphatic carbocycles. The second-order valence-electron chi connectivity index (χ2n) is 5.15. The summed E-state index contributed by atoms with van der Waals surface area (Å²) in [6, 6.07) is 5.57. The van der Waals surface area contributed by atoms with Crippen LogP contribution < -0.4 is 9.47 Å². The molecule has 0 spiro atoms. The van der Waals surface area contributed by atoms with Gasteiger partial charge in [-0.1, -0.05) is 49.8 Å². The molecule has 2 rings (SSSR count). The first kappa shape index (κ1) is 17.8. The lowest BCUT2D eigenvalue weighted by Crippen LogP contribution is -2.28. The van der Waals surface area contributed by atoms with E-state index in [2.05, 4.69) is 6.92 Å². The summed E-state index contributed by atoms with van der Waals surface area (Å²) in [6.45, 7) is 2.84. The molecule has 0 atom stereocenters. The molecule has 1 saturated heterocycles. The van der Waals surface area contributed by atoms with Crippen LogP contribution in [0, 0.1) is 0 Å². The topological polar surface area (TPSA) is 38.8 Å². The van der Waals surface area contributed by atoms with Gasteiger partial charge >= 0.3 is 0 Å². The summed E-state index contributed by atoms with van der Waals surface area (Å²) in [5.74, 6) is 1.29. The highest BCUT2D eigenvalue weighted by Gasteiger charge is 2.31. The van der Waals surface area contributed by atoms with Gasteiger partial charge in [-0.15, -0.1) is 0 Å². The number of rotatable bonds is 7. The summed E-state index contributed by atoms with van der Waals surface area (Å²) in [6.07, 6.45) is 5.05. The van der Waals surface area contributed by atoms with E-state index in [-0.39, 0.29) is 5.91 Å². The van der Waals surface area contributed by atoms with Gasteiger partial charge in [0.2, 0.25) is 0 Å². The normalized spacial score (nSPS) is 16.3. The Bertz CT molecular complexity index is 628. The van der Waals surface area contributed by atoms with Crippen LogP contribution in [0.4, 0.5) is 0 Å². The van der Waals surface area contributed by atoms with E-state index in [4.69, 9.17) is 21.7 Å². The number of benzene rings is 1. The van der Waals surface area contributed by atoms with E-state index in [9.17, 15) is 4.79 Å². The predicted molar refractivity (Wildman–Crippen MR) is 99.0 cm³/mol. The van der Waals surface area contributed by atoms with E-state index in [1.54, 1.807) is 19.1 Å². The molecular weight excluding hydrogens is 330 g/mol. The molecule has 1 aromatic rings. The van der Waals surface area contributed by atoms with Gasteiger partial charge in [0, 0.05) is 6.54 Å². The van der Waals surface area contributed by atoms with Crippen LogP contribution in [0.1, 0.15) is 31.7 Å². The van der Waals surface area contributed by atoms with Crippen LogP contribution in [0.5, 0.6) is 11.5 Å². The van der Waals surface area contributed by atoms with E-state index in [0.717, 1.165) is 24.8 Å². The fourth-order valence-corrected chi connectivity index (χ4v) is 3.62. The first-order chi connectivity index (χ1) is 11.1. The van der Waals surface area contributed by atoms with Crippen molar-refractivity contribution < 1.29 is 14.3 Å². The molecule has 0 aromatic heterocycles. The average Bonchev–Trinajstić information content (AvgIpc) is 2.82. The van der Waals surface area contributed by atoms with Crippen molar-refractivity contribution >= 4 is 40.3 Å². The van der Waals surface area contributed by atoms with Gasteiger partial charge in [-0.3, -0.25) is 9.69 Å². The second kappa shape index (κ2) is 8.36. The Balaban J connectivity index is 2.17. The number of hydrogen-bond donors (Lipinski definition) is 0. The van der Waals surface area contributed by atoms with Crippen molar-refractivity contribution in [2.24, 2.45) is 0 Å². The van der Waals surface area contributed by atoms with Gasteiger partial charge in [0.25, 0.3) is 5.91 Å². The van der Waals surface area contributed by atoms with Gasteiger partial charge in [-0.2, -0.15) is 0 Å². The van der Waals surface area contributed by atoms with Crippen molar-refractivity contribution in [3.8, 4) is 11.5 Å². The number of nitrogens with zero attached hydrogens (tertiary/aromatic N) is 1. The molecule has 6 heteroatoms. The van der Waals surface area contributed by atoms with Crippen LogP contribution in [0.25, 0.3) is 6.08 Å². The van der Waals surface area contributed by atoms with Crippen molar-refractivity contribution in [2.75, 3.05) is 20.8 Å². The monoisotopic (exact) mass is 351 g/mol. The largest absolute Gasteiger partial charge is 0.493 e. The minimum atomic E-state index is -0.00844. The minimum absolute atomic E-state index is 0.00844. The van der Waals surface area contributed by atoms with Crippen LogP contribution in [0.2, 0.25) is 0 Å². The van der Waals surface area contributed by atoms with Gasteiger partial charge in [0.05, 0.1) is 19.1 Å². The molecule has 1 amide bonds. The maximum Gasteiger partial charge on any atom is 0.266 e. The average molecular weight is 351 g/mol. The number of thioether (sulfide) groups is 1. The number of ether oxygens (including phenoxy) is 2. The third-order valence-corrected chi connectivity index (χ3v) is 4.94. The Kier molecular flexibility index (Phi) is 6.47. The lowest BCUT2D eigenvalue weighted by molar-refractivity contribution is -0.122. The van der Waals surface area contributed by atoms with Gasteiger partial charge in [0.1, 0.15) is 4.32 Å². The van der Waals surface area contributed by atoms with Gasteiger partial charge in [-0.25, -0.2) is 0 Å². The number of hydrogen-bond acceptors (Lipinski definition) is 5. The Morgan fingerprint density at radius 2 is 1.96 bits per heavy atom. The minimum Gasteiger partial charge on any atom is -0.493 e. The van der Waals surface area contributed by atoms with E-state index in [1.807, 2.05) is 24.3 Å². The van der Waals surface area contributed by atoms with Crippen LogP contribution in [0.3, 0.4) is 0 Å². The highest BCUT2D eigenvalue weighted by Crippen LogP contribution is 2.34.